The van der Waals surface area contributed by atoms with Crippen molar-refractivity contribution in [3.05, 3.63) is 58.9 Å². The summed E-state index contributed by atoms with van der Waals surface area (Å²) < 4.78 is 20.0. The first-order valence-electron chi connectivity index (χ1n) is 8.54. The number of fused-ring (bicyclic) bond motifs is 1. The van der Waals surface area contributed by atoms with E-state index in [0.29, 0.717) is 18.5 Å². The molecular weight excluding hydrogens is 355 g/mol. The van der Waals surface area contributed by atoms with Crippen LogP contribution >= 0.6 is 12.4 Å². The van der Waals surface area contributed by atoms with Crippen molar-refractivity contribution in [3.8, 4) is 5.75 Å². The molecule has 1 unspecified atom stereocenters. The van der Waals surface area contributed by atoms with E-state index in [4.69, 9.17) is 4.74 Å². The lowest BCUT2D eigenvalue weighted by Gasteiger charge is -2.20. The van der Waals surface area contributed by atoms with Crippen molar-refractivity contribution in [2.45, 2.75) is 32.2 Å². The second kappa shape index (κ2) is 9.01. The zero-order valence-corrected chi connectivity index (χ0v) is 15.8. The first-order chi connectivity index (χ1) is 12.1. The Morgan fingerprint density at radius 2 is 2.08 bits per heavy atom. The molecule has 140 valence electrons. The number of para-hydroxylation sites is 1. The van der Waals surface area contributed by atoms with Gasteiger partial charge in [0.1, 0.15) is 11.6 Å². The predicted octanol–water partition coefficient (Wildman–Crippen LogP) is 4.03. The highest BCUT2D eigenvalue weighted by Gasteiger charge is 2.19. The van der Waals surface area contributed by atoms with Gasteiger partial charge in [0.25, 0.3) is 0 Å². The molecule has 3 rings (SSSR count). The monoisotopic (exact) mass is 378 g/mol. The van der Waals surface area contributed by atoms with Gasteiger partial charge in [-0.25, -0.2) is 4.39 Å². The maximum Gasteiger partial charge on any atom is 0.225 e. The van der Waals surface area contributed by atoms with Gasteiger partial charge in [-0.2, -0.15) is 0 Å². The fraction of sp³-hybridized carbons (Fsp3) is 0.350. The van der Waals surface area contributed by atoms with Gasteiger partial charge in [0.15, 0.2) is 0 Å². The Balaban J connectivity index is 0.00000243. The first kappa shape index (κ1) is 20.2. The van der Waals surface area contributed by atoms with Gasteiger partial charge in [0, 0.05) is 13.0 Å². The summed E-state index contributed by atoms with van der Waals surface area (Å²) in [6, 6.07) is 11.2. The summed E-state index contributed by atoms with van der Waals surface area (Å²) in [4.78, 5) is 12.4. The van der Waals surface area contributed by atoms with E-state index in [0.717, 1.165) is 23.4 Å². The van der Waals surface area contributed by atoms with Gasteiger partial charge < -0.3 is 15.4 Å². The molecule has 2 aromatic rings. The van der Waals surface area contributed by atoms with Crippen LogP contribution in [0.25, 0.3) is 0 Å². The summed E-state index contributed by atoms with van der Waals surface area (Å²) in [6.07, 6.45) is 0.904. The minimum atomic E-state index is -0.308. The third-order valence-corrected chi connectivity index (χ3v) is 4.64. The second-order valence-corrected chi connectivity index (χ2v) is 6.39. The third kappa shape index (κ3) is 4.34. The number of ether oxygens (including phenoxy) is 1. The average molecular weight is 379 g/mol. The summed E-state index contributed by atoms with van der Waals surface area (Å²) in [7, 11) is 1.61. The molecule has 0 saturated carbocycles. The highest BCUT2D eigenvalue weighted by Crippen LogP contribution is 2.29. The molecule has 0 radical (unpaired) electrons. The van der Waals surface area contributed by atoms with Crippen molar-refractivity contribution in [2.24, 2.45) is 0 Å². The number of carbonyl (C=O) groups is 1. The van der Waals surface area contributed by atoms with E-state index >= 15 is 0 Å². The average Bonchev–Trinajstić information content (AvgIpc) is 2.64. The van der Waals surface area contributed by atoms with Crippen molar-refractivity contribution in [1.29, 1.82) is 0 Å². The smallest absolute Gasteiger partial charge is 0.225 e. The number of amides is 1. The first-order valence-corrected chi connectivity index (χ1v) is 8.54. The normalized spacial score (nSPS) is 14.0. The lowest BCUT2D eigenvalue weighted by atomic mass is 9.96. The van der Waals surface area contributed by atoms with Crippen molar-refractivity contribution >= 4 is 24.0 Å². The summed E-state index contributed by atoms with van der Waals surface area (Å²) in [5, 5.41) is 5.94. The molecule has 4 nitrogen and oxygen atoms in total. The quantitative estimate of drug-likeness (QED) is 0.825. The molecular formula is C20H24ClFN2O2. The molecule has 1 amide bonds. The van der Waals surface area contributed by atoms with E-state index in [9.17, 15) is 9.18 Å². The molecule has 0 spiro atoms. The van der Waals surface area contributed by atoms with Crippen LogP contribution in [0.1, 0.15) is 36.0 Å². The van der Waals surface area contributed by atoms with E-state index < -0.39 is 0 Å². The summed E-state index contributed by atoms with van der Waals surface area (Å²) in [6.45, 7) is 3.39. The van der Waals surface area contributed by atoms with Crippen LogP contribution in [0.2, 0.25) is 0 Å². The molecule has 0 bridgehead atoms. The van der Waals surface area contributed by atoms with E-state index in [1.165, 1.54) is 0 Å². The number of benzene rings is 2. The molecule has 1 aliphatic heterocycles. The van der Waals surface area contributed by atoms with Crippen molar-refractivity contribution in [3.63, 3.8) is 0 Å². The number of methoxy groups -OCH3 is 1. The zero-order chi connectivity index (χ0) is 17.8. The maximum absolute atomic E-state index is 14.6. The maximum atomic E-state index is 14.6. The van der Waals surface area contributed by atoms with Gasteiger partial charge in [0.2, 0.25) is 5.91 Å². The van der Waals surface area contributed by atoms with Crippen LogP contribution in [0.15, 0.2) is 36.4 Å². The standard InChI is InChI=1S/C20H23FN2O2.ClH/c1-13(15-5-3-4-6-18(15)25-2)11-19(24)23-17-8-7-14-12-22-10-9-16(14)20(17)21;/h3-8,13,22H,9-12H2,1-2H3,(H,23,24);1H. The number of hydrogen-bond donors (Lipinski definition) is 2. The number of rotatable bonds is 5. The molecule has 0 saturated heterocycles. The molecule has 1 aliphatic rings. The summed E-state index contributed by atoms with van der Waals surface area (Å²) in [5.41, 5.74) is 2.90. The molecule has 1 heterocycles. The fourth-order valence-electron chi connectivity index (χ4n) is 3.29. The predicted molar refractivity (Wildman–Crippen MR) is 104 cm³/mol. The zero-order valence-electron chi connectivity index (χ0n) is 15.0. The minimum absolute atomic E-state index is 0. The van der Waals surface area contributed by atoms with E-state index in [2.05, 4.69) is 10.6 Å². The Kier molecular flexibility index (Phi) is 7.00. The van der Waals surface area contributed by atoms with Crippen molar-refractivity contribution in [2.75, 3.05) is 19.0 Å². The van der Waals surface area contributed by atoms with Crippen molar-refractivity contribution < 1.29 is 13.9 Å². The number of nitrogens with one attached hydrogen (secondary N) is 2. The SMILES string of the molecule is COc1ccccc1C(C)CC(=O)Nc1ccc2c(c1F)CCNC2.Cl. The molecule has 2 N–H and O–H groups in total. The van der Waals surface area contributed by atoms with Gasteiger partial charge in [-0.15, -0.1) is 12.4 Å². The molecule has 26 heavy (non-hydrogen) atoms. The van der Waals surface area contributed by atoms with Gasteiger partial charge in [-0.3, -0.25) is 4.79 Å². The van der Waals surface area contributed by atoms with Crippen LogP contribution in [-0.2, 0) is 17.8 Å². The summed E-state index contributed by atoms with van der Waals surface area (Å²) >= 11 is 0. The molecule has 6 heteroatoms. The highest BCUT2D eigenvalue weighted by atomic mass is 35.5. The van der Waals surface area contributed by atoms with Crippen LogP contribution in [-0.4, -0.2) is 19.6 Å². The van der Waals surface area contributed by atoms with Crippen LogP contribution in [0.4, 0.5) is 10.1 Å². The molecule has 2 aromatic carbocycles. The van der Waals surface area contributed by atoms with Crippen molar-refractivity contribution in [1.82, 2.24) is 5.32 Å². The van der Waals surface area contributed by atoms with Gasteiger partial charge >= 0.3 is 0 Å². The third-order valence-electron chi connectivity index (χ3n) is 4.64. The lowest BCUT2D eigenvalue weighted by Crippen LogP contribution is -2.25. The molecule has 1 atom stereocenters. The Morgan fingerprint density at radius 3 is 2.85 bits per heavy atom. The molecule has 0 aliphatic carbocycles. The largest absolute Gasteiger partial charge is 0.496 e. The van der Waals surface area contributed by atoms with Crippen LogP contribution in [0.5, 0.6) is 5.75 Å². The Labute approximate surface area is 159 Å². The number of carbonyl (C=O) groups excluding carboxylic acids is 1. The second-order valence-electron chi connectivity index (χ2n) is 6.39. The Hall–Kier alpha value is -2.11. The molecule has 0 fully saturated rings. The topological polar surface area (TPSA) is 50.4 Å². The van der Waals surface area contributed by atoms with Gasteiger partial charge in [0.05, 0.1) is 12.8 Å². The fourth-order valence-corrected chi connectivity index (χ4v) is 3.29. The van der Waals surface area contributed by atoms with E-state index in [-0.39, 0.29) is 42.2 Å². The molecule has 0 aromatic heterocycles. The highest BCUT2D eigenvalue weighted by molar-refractivity contribution is 5.91. The van der Waals surface area contributed by atoms with Gasteiger partial charge in [-0.1, -0.05) is 31.2 Å². The Bertz CT molecular complexity index is 782. The van der Waals surface area contributed by atoms with Gasteiger partial charge in [-0.05, 0) is 47.7 Å². The lowest BCUT2D eigenvalue weighted by molar-refractivity contribution is -0.116. The summed E-state index contributed by atoms with van der Waals surface area (Å²) in [5.74, 6) is 0.222. The number of anilines is 1. The number of hydrogen-bond acceptors (Lipinski definition) is 3. The Morgan fingerprint density at radius 1 is 1.31 bits per heavy atom. The van der Waals surface area contributed by atoms with Crippen LogP contribution in [0.3, 0.4) is 0 Å². The number of halogens is 2. The van der Waals surface area contributed by atoms with E-state index in [1.807, 2.05) is 37.3 Å². The minimum Gasteiger partial charge on any atom is -0.496 e. The van der Waals surface area contributed by atoms with Crippen LogP contribution in [0, 0.1) is 5.82 Å². The van der Waals surface area contributed by atoms with E-state index in [1.54, 1.807) is 13.2 Å². The van der Waals surface area contributed by atoms with Crippen LogP contribution < -0.4 is 15.4 Å².